The Kier molecular flexibility index (Phi) is 8.36. The Morgan fingerprint density at radius 1 is 1.19 bits per heavy atom. The number of thiazole rings is 1. The number of ketones is 1. The highest BCUT2D eigenvalue weighted by molar-refractivity contribution is 7.09. The number of aromatic nitrogens is 1. The fourth-order valence-electron chi connectivity index (χ4n) is 5.04. The number of aliphatic hydroxyl groups excluding tert-OH is 2. The van der Waals surface area contributed by atoms with Crippen LogP contribution in [0, 0.1) is 17.3 Å². The van der Waals surface area contributed by atoms with Gasteiger partial charge in [-0.15, -0.1) is 11.3 Å². The predicted octanol–water partition coefficient (Wildman–Crippen LogP) is 3.85. The summed E-state index contributed by atoms with van der Waals surface area (Å²) in [5, 5.41) is 24.6. The summed E-state index contributed by atoms with van der Waals surface area (Å²) in [5.74, 6) is -1.54. The Morgan fingerprint density at radius 2 is 1.92 bits per heavy atom. The van der Waals surface area contributed by atoms with Crippen LogP contribution in [0.1, 0.15) is 83.5 Å². The number of fused-ring (bicyclic) bond motifs is 1. The molecule has 1 aromatic heterocycles. The summed E-state index contributed by atoms with van der Waals surface area (Å²) in [6.45, 7) is 9.51. The molecule has 0 aromatic carbocycles. The van der Waals surface area contributed by atoms with Gasteiger partial charge in [-0.2, -0.15) is 0 Å². The van der Waals surface area contributed by atoms with E-state index in [2.05, 4.69) is 4.98 Å². The molecular weight excluding hydrogens is 482 g/mol. The van der Waals surface area contributed by atoms with Crippen molar-refractivity contribution in [3.8, 4) is 0 Å². The molecule has 0 spiro atoms. The van der Waals surface area contributed by atoms with E-state index in [0.717, 1.165) is 35.5 Å². The molecule has 3 saturated heterocycles. The third kappa shape index (κ3) is 6.42. The first kappa shape index (κ1) is 27.4. The van der Waals surface area contributed by atoms with Crippen LogP contribution in [0.4, 0.5) is 0 Å². The van der Waals surface area contributed by atoms with Gasteiger partial charge in [0.1, 0.15) is 23.0 Å². The van der Waals surface area contributed by atoms with Gasteiger partial charge in [0.05, 0.1) is 48.6 Å². The highest BCUT2D eigenvalue weighted by atomic mass is 32.1. The molecule has 2 N–H and O–H groups in total. The molecule has 0 radical (unpaired) electrons. The standard InChI is InChI=1S/C27H39NO7S/c1-14-7-6-8-18-20(34-18)10-19(15(2)9-17-13-36-26(28-17)21-12-33-21)35-23(30)11-22(29)27(4,5)25(32)16(3)24(14)31/h9,13-14,16,18-22,24,29,31H,6-8,10-12H2,1-5H3. The topological polar surface area (TPSA) is 122 Å². The van der Waals surface area contributed by atoms with Crippen molar-refractivity contribution in [3.05, 3.63) is 21.7 Å². The van der Waals surface area contributed by atoms with Gasteiger partial charge in [-0.25, -0.2) is 4.98 Å². The van der Waals surface area contributed by atoms with E-state index in [1.807, 2.05) is 25.3 Å². The SMILES string of the molecule is CC(=Cc1csc(C2CO2)n1)C1CC2OC2CCCC(C)C(O)C(C)C(=O)C(C)(C)C(O)CC(=O)O1. The first-order valence-corrected chi connectivity index (χ1v) is 13.9. The lowest BCUT2D eigenvalue weighted by Gasteiger charge is -2.34. The highest BCUT2D eigenvalue weighted by Gasteiger charge is 2.44. The van der Waals surface area contributed by atoms with Crippen molar-refractivity contribution in [2.24, 2.45) is 17.3 Å². The summed E-state index contributed by atoms with van der Waals surface area (Å²) in [5.41, 5.74) is 0.443. The largest absolute Gasteiger partial charge is 0.458 e. The van der Waals surface area contributed by atoms with Crippen LogP contribution in [-0.4, -0.2) is 64.1 Å². The molecule has 0 amide bonds. The third-order valence-electron chi connectivity index (χ3n) is 7.92. The van der Waals surface area contributed by atoms with Gasteiger partial charge >= 0.3 is 5.97 Å². The van der Waals surface area contributed by atoms with E-state index in [1.165, 1.54) is 0 Å². The average Bonchev–Trinajstić information content (AvgIpc) is 3.75. The van der Waals surface area contributed by atoms with Gasteiger partial charge in [0.2, 0.25) is 0 Å². The van der Waals surface area contributed by atoms with Gasteiger partial charge in [0.15, 0.2) is 0 Å². The Morgan fingerprint density at radius 3 is 2.61 bits per heavy atom. The van der Waals surface area contributed by atoms with Crippen molar-refractivity contribution in [2.45, 2.75) is 103 Å². The molecule has 9 heteroatoms. The molecule has 36 heavy (non-hydrogen) atoms. The van der Waals surface area contributed by atoms with Gasteiger partial charge in [0.25, 0.3) is 0 Å². The number of hydrogen-bond donors (Lipinski definition) is 2. The van der Waals surface area contributed by atoms with Gasteiger partial charge < -0.3 is 24.4 Å². The van der Waals surface area contributed by atoms with Gasteiger partial charge in [-0.1, -0.05) is 34.1 Å². The van der Waals surface area contributed by atoms with E-state index in [1.54, 1.807) is 32.1 Å². The number of Topliss-reactive ketones (excluding diaryl/α,β-unsaturated/α-hetero) is 1. The van der Waals surface area contributed by atoms with Crippen LogP contribution in [0.2, 0.25) is 0 Å². The zero-order chi connectivity index (χ0) is 26.2. The Bertz CT molecular complexity index is 985. The minimum atomic E-state index is -1.23. The minimum Gasteiger partial charge on any atom is -0.458 e. The van der Waals surface area contributed by atoms with Crippen molar-refractivity contribution in [1.82, 2.24) is 4.98 Å². The number of ether oxygens (including phenoxy) is 3. The molecule has 3 aliphatic rings. The number of esters is 1. The summed E-state index contributed by atoms with van der Waals surface area (Å²) in [4.78, 5) is 30.7. The maximum absolute atomic E-state index is 13.2. The lowest BCUT2D eigenvalue weighted by atomic mass is 9.73. The molecule has 3 fully saturated rings. The maximum Gasteiger partial charge on any atom is 0.309 e. The number of cyclic esters (lactones) is 1. The van der Waals surface area contributed by atoms with Crippen molar-refractivity contribution >= 4 is 29.2 Å². The molecule has 4 rings (SSSR count). The zero-order valence-electron chi connectivity index (χ0n) is 21.8. The van der Waals surface area contributed by atoms with Crippen molar-refractivity contribution < 1.29 is 34.0 Å². The zero-order valence-corrected chi connectivity index (χ0v) is 22.6. The molecule has 8 nitrogen and oxygen atoms in total. The monoisotopic (exact) mass is 521 g/mol. The van der Waals surface area contributed by atoms with Crippen LogP contribution in [0.25, 0.3) is 6.08 Å². The van der Waals surface area contributed by atoms with E-state index >= 15 is 0 Å². The number of carbonyl (C=O) groups is 2. The van der Waals surface area contributed by atoms with Gasteiger partial charge in [-0.05, 0) is 37.3 Å². The molecule has 0 aliphatic carbocycles. The van der Waals surface area contributed by atoms with Crippen LogP contribution in [0.5, 0.6) is 0 Å². The molecular formula is C27H39NO7S. The van der Waals surface area contributed by atoms with E-state index in [0.29, 0.717) is 13.0 Å². The van der Waals surface area contributed by atoms with Crippen LogP contribution >= 0.6 is 11.3 Å². The summed E-state index contributed by atoms with van der Waals surface area (Å²) in [6, 6.07) is 0. The summed E-state index contributed by atoms with van der Waals surface area (Å²) >= 11 is 1.55. The second-order valence-electron chi connectivity index (χ2n) is 11.2. The van der Waals surface area contributed by atoms with Crippen LogP contribution in [-0.2, 0) is 23.8 Å². The molecule has 8 unspecified atom stereocenters. The first-order valence-electron chi connectivity index (χ1n) is 13.0. The highest BCUT2D eigenvalue weighted by Crippen LogP contribution is 2.37. The molecule has 4 heterocycles. The quantitative estimate of drug-likeness (QED) is 0.454. The number of aliphatic hydroxyl groups is 2. The number of nitrogens with zero attached hydrogens (tertiary/aromatic N) is 1. The number of carbonyl (C=O) groups excluding carboxylic acids is 2. The van der Waals surface area contributed by atoms with E-state index < -0.39 is 35.6 Å². The molecule has 0 saturated carbocycles. The molecule has 3 aliphatic heterocycles. The van der Waals surface area contributed by atoms with Crippen molar-refractivity contribution in [2.75, 3.05) is 6.61 Å². The minimum absolute atomic E-state index is 0.00740. The lowest BCUT2D eigenvalue weighted by Crippen LogP contribution is -2.45. The Balaban J connectivity index is 1.52. The molecule has 8 atom stereocenters. The fraction of sp³-hybridized carbons (Fsp3) is 0.741. The maximum atomic E-state index is 13.2. The summed E-state index contributed by atoms with van der Waals surface area (Å²) in [6.07, 6.45) is 2.26. The van der Waals surface area contributed by atoms with E-state index in [-0.39, 0.29) is 36.4 Å². The number of rotatable bonds is 3. The van der Waals surface area contributed by atoms with Gasteiger partial charge in [-0.3, -0.25) is 9.59 Å². The van der Waals surface area contributed by atoms with E-state index in [4.69, 9.17) is 14.2 Å². The van der Waals surface area contributed by atoms with Crippen molar-refractivity contribution in [1.29, 1.82) is 0 Å². The smallest absolute Gasteiger partial charge is 0.309 e. The van der Waals surface area contributed by atoms with Crippen LogP contribution in [0.15, 0.2) is 11.0 Å². The van der Waals surface area contributed by atoms with Crippen molar-refractivity contribution in [3.63, 3.8) is 0 Å². The molecule has 0 bridgehead atoms. The second kappa shape index (κ2) is 11.0. The van der Waals surface area contributed by atoms with E-state index in [9.17, 15) is 19.8 Å². The summed E-state index contributed by atoms with van der Waals surface area (Å²) < 4.78 is 17.1. The number of hydrogen-bond acceptors (Lipinski definition) is 9. The Hall–Kier alpha value is -1.65. The molecule has 200 valence electrons. The Labute approximate surface area is 217 Å². The third-order valence-corrected chi connectivity index (χ3v) is 8.88. The fourth-order valence-corrected chi connectivity index (χ4v) is 5.85. The summed E-state index contributed by atoms with van der Waals surface area (Å²) in [7, 11) is 0. The normalized spacial score (nSPS) is 38.2. The van der Waals surface area contributed by atoms with Crippen LogP contribution in [0.3, 0.4) is 0 Å². The predicted molar refractivity (Wildman–Crippen MR) is 135 cm³/mol. The average molecular weight is 522 g/mol. The van der Waals surface area contributed by atoms with Gasteiger partial charge in [0, 0.05) is 17.7 Å². The lowest BCUT2D eigenvalue weighted by molar-refractivity contribution is -0.154. The second-order valence-corrected chi connectivity index (χ2v) is 12.1. The first-order chi connectivity index (χ1) is 17.0. The van der Waals surface area contributed by atoms with Crippen LogP contribution < -0.4 is 0 Å². The molecule has 1 aromatic rings. The number of epoxide rings is 2.